The molecule has 0 aromatic heterocycles. The van der Waals surface area contributed by atoms with Crippen LogP contribution in [0.3, 0.4) is 0 Å². The number of hydrogen-bond donors (Lipinski definition) is 0. The quantitative estimate of drug-likeness (QED) is 0.671. The monoisotopic (exact) mass is 241 g/mol. The van der Waals surface area contributed by atoms with E-state index < -0.39 is 30.3 Å². The molecular formula is C11H15NO5. The zero-order valence-electron chi connectivity index (χ0n) is 9.84. The van der Waals surface area contributed by atoms with Crippen molar-refractivity contribution in [3.8, 4) is 6.07 Å². The van der Waals surface area contributed by atoms with Crippen LogP contribution in [0.4, 0.5) is 0 Å². The van der Waals surface area contributed by atoms with Crippen molar-refractivity contribution in [2.45, 2.75) is 45.0 Å². The third-order valence-corrected chi connectivity index (χ3v) is 2.38. The van der Waals surface area contributed by atoms with Gasteiger partial charge in [-0.25, -0.2) is 0 Å². The minimum atomic E-state index is -0.568. The molecule has 1 heterocycles. The Morgan fingerprint density at radius 2 is 2.06 bits per heavy atom. The van der Waals surface area contributed by atoms with Gasteiger partial charge in [0.2, 0.25) is 0 Å². The zero-order valence-corrected chi connectivity index (χ0v) is 9.84. The highest BCUT2D eigenvalue weighted by atomic mass is 16.6. The van der Waals surface area contributed by atoms with E-state index in [1.807, 2.05) is 6.07 Å². The summed E-state index contributed by atoms with van der Waals surface area (Å²) in [6.45, 7) is 2.58. The van der Waals surface area contributed by atoms with E-state index in [9.17, 15) is 9.59 Å². The van der Waals surface area contributed by atoms with Gasteiger partial charge < -0.3 is 14.2 Å². The molecule has 1 fully saturated rings. The molecule has 1 aliphatic rings. The van der Waals surface area contributed by atoms with E-state index in [0.717, 1.165) is 0 Å². The fourth-order valence-electron chi connectivity index (χ4n) is 1.66. The highest BCUT2D eigenvalue weighted by molar-refractivity contribution is 5.66. The Morgan fingerprint density at radius 3 is 2.59 bits per heavy atom. The van der Waals surface area contributed by atoms with Gasteiger partial charge in [-0.1, -0.05) is 0 Å². The molecule has 0 bridgehead atoms. The van der Waals surface area contributed by atoms with E-state index in [2.05, 4.69) is 0 Å². The molecule has 6 heteroatoms. The van der Waals surface area contributed by atoms with E-state index in [0.29, 0.717) is 12.8 Å². The maximum absolute atomic E-state index is 10.9. The smallest absolute Gasteiger partial charge is 0.302 e. The molecule has 0 spiro atoms. The van der Waals surface area contributed by atoms with Crippen LogP contribution in [-0.2, 0) is 23.8 Å². The molecule has 3 atom stereocenters. The molecule has 1 rings (SSSR count). The third kappa shape index (κ3) is 4.41. The lowest BCUT2D eigenvalue weighted by atomic mass is 10.0. The number of esters is 2. The largest absolute Gasteiger partial charge is 0.463 e. The average molecular weight is 241 g/mol. The number of nitriles is 1. The van der Waals surface area contributed by atoms with Crippen molar-refractivity contribution in [1.29, 1.82) is 5.26 Å². The lowest BCUT2D eigenvalue weighted by molar-refractivity contribution is -0.175. The van der Waals surface area contributed by atoms with Gasteiger partial charge in [0, 0.05) is 13.8 Å². The van der Waals surface area contributed by atoms with Crippen LogP contribution in [0.15, 0.2) is 0 Å². The molecule has 0 N–H and O–H groups in total. The van der Waals surface area contributed by atoms with Gasteiger partial charge >= 0.3 is 11.9 Å². The Labute approximate surface area is 99.4 Å². The van der Waals surface area contributed by atoms with E-state index in [1.165, 1.54) is 13.8 Å². The minimum Gasteiger partial charge on any atom is -0.463 e. The Hall–Kier alpha value is -1.61. The van der Waals surface area contributed by atoms with E-state index in [1.54, 1.807) is 0 Å². The molecule has 17 heavy (non-hydrogen) atoms. The molecule has 0 saturated carbocycles. The van der Waals surface area contributed by atoms with Crippen molar-refractivity contribution < 1.29 is 23.8 Å². The molecule has 0 aromatic carbocycles. The Morgan fingerprint density at radius 1 is 1.35 bits per heavy atom. The highest BCUT2D eigenvalue weighted by Crippen LogP contribution is 2.22. The fourth-order valence-corrected chi connectivity index (χ4v) is 1.66. The van der Waals surface area contributed by atoms with E-state index in [4.69, 9.17) is 19.5 Å². The summed E-state index contributed by atoms with van der Waals surface area (Å²) in [7, 11) is 0. The topological polar surface area (TPSA) is 85.6 Å². The molecule has 1 aliphatic heterocycles. The summed E-state index contributed by atoms with van der Waals surface area (Å²) in [6, 6.07) is 1.99. The van der Waals surface area contributed by atoms with Crippen LogP contribution in [0.5, 0.6) is 0 Å². The van der Waals surface area contributed by atoms with Crippen molar-refractivity contribution in [3.05, 3.63) is 0 Å². The molecule has 0 aliphatic carbocycles. The van der Waals surface area contributed by atoms with Crippen LogP contribution < -0.4 is 0 Å². The third-order valence-electron chi connectivity index (χ3n) is 2.38. The second kappa shape index (κ2) is 6.21. The van der Waals surface area contributed by atoms with Gasteiger partial charge in [0.25, 0.3) is 0 Å². The molecule has 0 amide bonds. The van der Waals surface area contributed by atoms with Crippen molar-refractivity contribution in [1.82, 2.24) is 0 Å². The average Bonchev–Trinajstić information content (AvgIpc) is 2.27. The number of carbonyl (C=O) groups excluding carboxylic acids is 2. The van der Waals surface area contributed by atoms with Gasteiger partial charge in [-0.05, 0) is 12.8 Å². The van der Waals surface area contributed by atoms with Crippen molar-refractivity contribution in [2.24, 2.45) is 0 Å². The van der Waals surface area contributed by atoms with Gasteiger partial charge in [-0.2, -0.15) is 5.26 Å². The molecule has 0 radical (unpaired) electrons. The standard InChI is InChI=1S/C11H15NO5/c1-7(13)15-6-11-10(16-8(2)14)4-3-9(5-12)17-11/h9-11H,3-4,6H2,1-2H3/t9-,10-,11?/m0/s1. The van der Waals surface area contributed by atoms with Crippen LogP contribution >= 0.6 is 0 Å². The maximum atomic E-state index is 10.9. The first kappa shape index (κ1) is 13.5. The lowest BCUT2D eigenvalue weighted by Crippen LogP contribution is -2.43. The second-order valence-corrected chi connectivity index (χ2v) is 3.82. The second-order valence-electron chi connectivity index (χ2n) is 3.82. The Balaban J connectivity index is 2.58. The van der Waals surface area contributed by atoms with Crippen LogP contribution in [0.1, 0.15) is 26.7 Å². The predicted octanol–water partition coefficient (Wildman–Crippen LogP) is 0.552. The van der Waals surface area contributed by atoms with Crippen LogP contribution in [-0.4, -0.2) is 36.9 Å². The Bertz CT molecular complexity index is 335. The summed E-state index contributed by atoms with van der Waals surface area (Å²) >= 11 is 0. The summed E-state index contributed by atoms with van der Waals surface area (Å²) in [6.07, 6.45) is -0.533. The fraction of sp³-hybridized carbons (Fsp3) is 0.727. The number of nitrogens with zero attached hydrogens (tertiary/aromatic N) is 1. The first-order chi connectivity index (χ1) is 8.02. The van der Waals surface area contributed by atoms with E-state index >= 15 is 0 Å². The van der Waals surface area contributed by atoms with Crippen LogP contribution in [0, 0.1) is 11.3 Å². The Kier molecular flexibility index (Phi) is 4.91. The van der Waals surface area contributed by atoms with E-state index in [-0.39, 0.29) is 6.61 Å². The van der Waals surface area contributed by atoms with Gasteiger partial charge in [0.05, 0.1) is 6.07 Å². The summed E-state index contributed by atoms with van der Waals surface area (Å²) in [5.74, 6) is -0.851. The SMILES string of the molecule is CC(=O)OCC1O[C@H](C#N)CC[C@@H]1OC(C)=O. The highest BCUT2D eigenvalue weighted by Gasteiger charge is 2.34. The number of hydrogen-bond acceptors (Lipinski definition) is 6. The van der Waals surface area contributed by atoms with Gasteiger partial charge in [0.1, 0.15) is 24.9 Å². The lowest BCUT2D eigenvalue weighted by Gasteiger charge is -2.32. The molecular weight excluding hydrogens is 226 g/mol. The first-order valence-corrected chi connectivity index (χ1v) is 5.38. The molecule has 1 saturated heterocycles. The number of rotatable bonds is 3. The molecule has 1 unspecified atom stereocenters. The normalized spacial score (nSPS) is 27.9. The van der Waals surface area contributed by atoms with Gasteiger partial charge in [0.15, 0.2) is 0 Å². The summed E-state index contributed by atoms with van der Waals surface area (Å²) in [4.78, 5) is 21.6. The van der Waals surface area contributed by atoms with Crippen molar-refractivity contribution in [3.63, 3.8) is 0 Å². The number of carbonyl (C=O) groups is 2. The van der Waals surface area contributed by atoms with Crippen molar-refractivity contribution in [2.75, 3.05) is 6.61 Å². The summed E-state index contributed by atoms with van der Waals surface area (Å²) in [5, 5.41) is 8.76. The van der Waals surface area contributed by atoms with Crippen LogP contribution in [0.2, 0.25) is 0 Å². The zero-order chi connectivity index (χ0) is 12.8. The molecule has 0 aromatic rings. The summed E-state index contributed by atoms with van der Waals surface area (Å²) < 4.78 is 15.3. The molecule has 94 valence electrons. The van der Waals surface area contributed by atoms with Gasteiger partial charge in [-0.3, -0.25) is 9.59 Å². The number of ether oxygens (including phenoxy) is 3. The molecule has 6 nitrogen and oxygen atoms in total. The minimum absolute atomic E-state index is 0.00847. The maximum Gasteiger partial charge on any atom is 0.302 e. The van der Waals surface area contributed by atoms with Crippen LogP contribution in [0.25, 0.3) is 0 Å². The summed E-state index contributed by atoms with van der Waals surface area (Å²) in [5.41, 5.74) is 0. The first-order valence-electron chi connectivity index (χ1n) is 5.38. The van der Waals surface area contributed by atoms with Gasteiger partial charge in [-0.15, -0.1) is 0 Å². The predicted molar refractivity (Wildman–Crippen MR) is 55.7 cm³/mol. The van der Waals surface area contributed by atoms with Crippen molar-refractivity contribution >= 4 is 11.9 Å².